The molecule has 0 saturated carbocycles. The average molecular weight is 369 g/mol. The molecule has 1 heterocycles. The summed E-state index contributed by atoms with van der Waals surface area (Å²) in [4.78, 5) is 0. The minimum Gasteiger partial charge on any atom is -0.327 e. The van der Waals surface area contributed by atoms with Gasteiger partial charge in [0.15, 0.2) is 0 Å². The van der Waals surface area contributed by atoms with Gasteiger partial charge in [-0.3, -0.25) is 0 Å². The first-order chi connectivity index (χ1) is 8.66. The first-order valence-electron chi connectivity index (χ1n) is 6.14. The minimum absolute atomic E-state index is 0.0226. The van der Waals surface area contributed by atoms with Crippen molar-refractivity contribution >= 4 is 37.3 Å². The topological polar surface area (TPSA) is 63.4 Å². The number of halogens is 1. The molecule has 1 unspecified atom stereocenters. The van der Waals surface area contributed by atoms with Gasteiger partial charge in [-0.2, -0.15) is 0 Å². The fourth-order valence-corrected chi connectivity index (χ4v) is 5.12. The lowest BCUT2D eigenvalue weighted by molar-refractivity contribution is 0.398. The largest absolute Gasteiger partial charge is 0.327 e. The number of aryl methyl sites for hydroxylation is 1. The maximum Gasteiger partial charge on any atom is 0.252 e. The summed E-state index contributed by atoms with van der Waals surface area (Å²) < 4.78 is 27.3. The zero-order chi connectivity index (χ0) is 14.8. The highest BCUT2D eigenvalue weighted by Crippen LogP contribution is 2.32. The van der Waals surface area contributed by atoms with E-state index in [9.17, 15) is 8.42 Å². The Bertz CT molecular complexity index is 506. The fraction of sp³-hybridized carbons (Fsp3) is 0.667. The number of nitrogens with two attached hydrogens (primary N) is 1. The standard InChI is InChI=1S/C12H21BrN2O2S2/c1-8(2)10(14)5-6-15(4)19(16,17)11-7-9(3)12(13)18-11/h7-8,10H,5-6,14H2,1-4H3. The highest BCUT2D eigenvalue weighted by atomic mass is 79.9. The van der Waals surface area contributed by atoms with Crippen LogP contribution in [0.1, 0.15) is 25.8 Å². The van der Waals surface area contributed by atoms with Crippen molar-refractivity contribution in [3.63, 3.8) is 0 Å². The van der Waals surface area contributed by atoms with Crippen LogP contribution in [0.3, 0.4) is 0 Å². The lowest BCUT2D eigenvalue weighted by Gasteiger charge is -2.20. The first kappa shape index (κ1) is 17.1. The molecule has 0 radical (unpaired) electrons. The molecule has 1 aromatic rings. The molecular weight excluding hydrogens is 348 g/mol. The normalized spacial score (nSPS) is 14.3. The molecule has 0 aliphatic carbocycles. The number of hydrogen-bond donors (Lipinski definition) is 1. The van der Waals surface area contributed by atoms with Gasteiger partial charge >= 0.3 is 0 Å². The molecule has 0 saturated heterocycles. The molecule has 19 heavy (non-hydrogen) atoms. The summed E-state index contributed by atoms with van der Waals surface area (Å²) in [6.07, 6.45) is 0.666. The van der Waals surface area contributed by atoms with Gasteiger partial charge in [0.2, 0.25) is 0 Å². The van der Waals surface area contributed by atoms with Gasteiger partial charge < -0.3 is 5.73 Å². The number of nitrogens with zero attached hydrogens (tertiary/aromatic N) is 1. The van der Waals surface area contributed by atoms with Crippen LogP contribution in [0.25, 0.3) is 0 Å². The Morgan fingerprint density at radius 3 is 2.47 bits per heavy atom. The lowest BCUT2D eigenvalue weighted by Crippen LogP contribution is -2.34. The third kappa shape index (κ3) is 4.26. The molecule has 2 N–H and O–H groups in total. The molecule has 1 atom stereocenters. The van der Waals surface area contributed by atoms with Crippen molar-refractivity contribution in [1.82, 2.24) is 4.31 Å². The van der Waals surface area contributed by atoms with E-state index in [1.807, 2.05) is 20.8 Å². The Kier molecular flexibility index (Phi) is 6.00. The molecule has 0 aliphatic rings. The van der Waals surface area contributed by atoms with E-state index in [-0.39, 0.29) is 6.04 Å². The number of rotatable bonds is 6. The van der Waals surface area contributed by atoms with Crippen molar-refractivity contribution in [3.8, 4) is 0 Å². The van der Waals surface area contributed by atoms with Crippen molar-refractivity contribution in [2.24, 2.45) is 11.7 Å². The van der Waals surface area contributed by atoms with E-state index in [1.54, 1.807) is 13.1 Å². The van der Waals surface area contributed by atoms with Crippen LogP contribution in [0.5, 0.6) is 0 Å². The maximum absolute atomic E-state index is 12.4. The van der Waals surface area contributed by atoms with Gasteiger partial charge in [-0.05, 0) is 46.8 Å². The summed E-state index contributed by atoms with van der Waals surface area (Å²) in [6, 6.07) is 1.72. The Labute approximate surface area is 128 Å². The molecule has 7 heteroatoms. The summed E-state index contributed by atoms with van der Waals surface area (Å²) in [5.41, 5.74) is 6.89. The molecule has 110 valence electrons. The average Bonchev–Trinajstić information content (AvgIpc) is 2.66. The van der Waals surface area contributed by atoms with Crippen LogP contribution in [-0.4, -0.2) is 32.4 Å². The van der Waals surface area contributed by atoms with Crippen molar-refractivity contribution in [3.05, 3.63) is 15.4 Å². The molecule has 0 spiro atoms. The molecule has 0 bridgehead atoms. The van der Waals surface area contributed by atoms with Crippen molar-refractivity contribution in [2.75, 3.05) is 13.6 Å². The Balaban J connectivity index is 2.77. The Morgan fingerprint density at radius 2 is 2.05 bits per heavy atom. The van der Waals surface area contributed by atoms with Crippen LogP contribution in [0.15, 0.2) is 14.1 Å². The molecule has 1 aromatic heterocycles. The summed E-state index contributed by atoms with van der Waals surface area (Å²) in [6.45, 7) is 6.41. The number of hydrogen-bond acceptors (Lipinski definition) is 4. The van der Waals surface area contributed by atoms with E-state index >= 15 is 0 Å². The monoisotopic (exact) mass is 368 g/mol. The van der Waals surface area contributed by atoms with Gasteiger partial charge in [0.25, 0.3) is 10.0 Å². The zero-order valence-electron chi connectivity index (χ0n) is 11.7. The number of thiophene rings is 1. The van der Waals surface area contributed by atoms with E-state index in [0.29, 0.717) is 23.1 Å². The van der Waals surface area contributed by atoms with Crippen molar-refractivity contribution in [2.45, 2.75) is 37.4 Å². The zero-order valence-corrected chi connectivity index (χ0v) is 14.9. The predicted molar refractivity (Wildman–Crippen MR) is 84.0 cm³/mol. The molecule has 0 aliphatic heterocycles. The lowest BCUT2D eigenvalue weighted by atomic mass is 10.0. The van der Waals surface area contributed by atoms with Crippen LogP contribution in [0, 0.1) is 12.8 Å². The van der Waals surface area contributed by atoms with Crippen molar-refractivity contribution < 1.29 is 8.42 Å². The number of sulfonamides is 1. The third-order valence-electron chi connectivity index (χ3n) is 3.13. The first-order valence-corrected chi connectivity index (χ1v) is 9.19. The highest BCUT2D eigenvalue weighted by molar-refractivity contribution is 9.11. The molecule has 4 nitrogen and oxygen atoms in total. The van der Waals surface area contributed by atoms with E-state index in [2.05, 4.69) is 15.9 Å². The van der Waals surface area contributed by atoms with Crippen LogP contribution in [0.4, 0.5) is 0 Å². The second-order valence-electron chi connectivity index (χ2n) is 5.05. The van der Waals surface area contributed by atoms with Crippen LogP contribution in [0.2, 0.25) is 0 Å². The van der Waals surface area contributed by atoms with Gasteiger partial charge in [0, 0.05) is 19.6 Å². The van der Waals surface area contributed by atoms with Crippen molar-refractivity contribution in [1.29, 1.82) is 0 Å². The van der Waals surface area contributed by atoms with Gasteiger partial charge in [0.1, 0.15) is 4.21 Å². The summed E-state index contributed by atoms with van der Waals surface area (Å²) in [5, 5.41) is 0. The molecule has 0 amide bonds. The van der Waals surface area contributed by atoms with Gasteiger partial charge in [-0.25, -0.2) is 12.7 Å². The van der Waals surface area contributed by atoms with Gasteiger partial charge in [0.05, 0.1) is 3.79 Å². The molecule has 0 aromatic carbocycles. The van der Waals surface area contributed by atoms with E-state index in [1.165, 1.54) is 15.6 Å². The second kappa shape index (κ2) is 6.67. The van der Waals surface area contributed by atoms with Crippen LogP contribution < -0.4 is 5.73 Å². The minimum atomic E-state index is -3.40. The summed E-state index contributed by atoms with van der Waals surface area (Å²) >= 11 is 4.60. The Hall–Kier alpha value is 0.0500. The van der Waals surface area contributed by atoms with E-state index < -0.39 is 10.0 Å². The van der Waals surface area contributed by atoms with Gasteiger partial charge in [-0.15, -0.1) is 11.3 Å². The molecular formula is C12H21BrN2O2S2. The molecule has 0 fully saturated rings. The van der Waals surface area contributed by atoms with Crippen LogP contribution in [-0.2, 0) is 10.0 Å². The quantitative estimate of drug-likeness (QED) is 0.839. The summed E-state index contributed by atoms with van der Waals surface area (Å²) in [7, 11) is -1.79. The highest BCUT2D eigenvalue weighted by Gasteiger charge is 2.24. The Morgan fingerprint density at radius 1 is 1.47 bits per heavy atom. The predicted octanol–water partition coefficient (Wildman–Crippen LogP) is 2.81. The summed E-state index contributed by atoms with van der Waals surface area (Å²) in [5.74, 6) is 0.356. The SMILES string of the molecule is Cc1cc(S(=O)(=O)N(C)CCC(N)C(C)C)sc1Br. The second-order valence-corrected chi connectivity index (χ2v) is 9.69. The van der Waals surface area contributed by atoms with Crippen LogP contribution >= 0.6 is 27.3 Å². The van der Waals surface area contributed by atoms with Gasteiger partial charge in [-0.1, -0.05) is 13.8 Å². The maximum atomic E-state index is 12.4. The smallest absolute Gasteiger partial charge is 0.252 e. The van der Waals surface area contributed by atoms with E-state index in [4.69, 9.17) is 5.73 Å². The third-order valence-corrected chi connectivity index (χ3v) is 7.58. The molecule has 1 rings (SSSR count). The fourth-order valence-electron chi connectivity index (χ4n) is 1.50. The van der Waals surface area contributed by atoms with E-state index in [0.717, 1.165) is 9.35 Å².